The molecule has 3 aromatic rings. The van der Waals surface area contributed by atoms with E-state index in [0.29, 0.717) is 5.69 Å². The monoisotopic (exact) mass is 265 g/mol. The Hall–Kier alpha value is -2.95. The molecular weight excluding hydrogens is 254 g/mol. The van der Waals surface area contributed by atoms with Crippen LogP contribution < -0.4 is 10.7 Å². The zero-order chi connectivity index (χ0) is 13.9. The zero-order valence-electron chi connectivity index (χ0n) is 10.5. The van der Waals surface area contributed by atoms with Gasteiger partial charge in [-0.25, -0.2) is 0 Å². The van der Waals surface area contributed by atoms with Crippen molar-refractivity contribution in [2.24, 2.45) is 0 Å². The molecule has 0 bridgehead atoms. The van der Waals surface area contributed by atoms with E-state index in [1.807, 2.05) is 18.2 Å². The minimum absolute atomic E-state index is 0.0772. The summed E-state index contributed by atoms with van der Waals surface area (Å²) in [6.45, 7) is 0. The van der Waals surface area contributed by atoms with Gasteiger partial charge in [-0.05, 0) is 17.5 Å². The smallest absolute Gasteiger partial charge is 0.261 e. The molecule has 0 unspecified atom stereocenters. The predicted molar refractivity (Wildman–Crippen MR) is 76.8 cm³/mol. The fourth-order valence-electron chi connectivity index (χ4n) is 2.01. The van der Waals surface area contributed by atoms with Gasteiger partial charge >= 0.3 is 0 Å². The van der Waals surface area contributed by atoms with Crippen LogP contribution in [0.2, 0.25) is 0 Å². The van der Waals surface area contributed by atoms with E-state index < -0.39 is 5.91 Å². The summed E-state index contributed by atoms with van der Waals surface area (Å²) in [6, 6.07) is 8.73. The fraction of sp³-hybridized carbons (Fsp3) is 0. The SMILES string of the molecule is O=C(Nc1cccc2ccncc12)c1c[nH]ccc1=O. The molecule has 0 aliphatic rings. The highest BCUT2D eigenvalue weighted by atomic mass is 16.2. The second-order valence-electron chi connectivity index (χ2n) is 4.28. The summed E-state index contributed by atoms with van der Waals surface area (Å²) in [7, 11) is 0. The molecule has 0 atom stereocenters. The van der Waals surface area contributed by atoms with Crippen LogP contribution in [0.4, 0.5) is 5.69 Å². The lowest BCUT2D eigenvalue weighted by atomic mass is 10.1. The van der Waals surface area contributed by atoms with E-state index in [0.717, 1.165) is 10.8 Å². The average Bonchev–Trinajstić information content (AvgIpc) is 2.48. The number of hydrogen-bond donors (Lipinski definition) is 2. The summed E-state index contributed by atoms with van der Waals surface area (Å²) in [5.41, 5.74) is 0.386. The first-order valence-electron chi connectivity index (χ1n) is 6.07. The molecule has 20 heavy (non-hydrogen) atoms. The van der Waals surface area contributed by atoms with Gasteiger partial charge < -0.3 is 10.3 Å². The Morgan fingerprint density at radius 3 is 2.95 bits per heavy atom. The number of benzene rings is 1. The summed E-state index contributed by atoms with van der Waals surface area (Å²) in [5.74, 6) is -0.441. The Bertz CT molecular complexity index is 834. The quantitative estimate of drug-likeness (QED) is 0.745. The van der Waals surface area contributed by atoms with Crippen molar-refractivity contribution in [1.82, 2.24) is 9.97 Å². The summed E-state index contributed by atoms with van der Waals surface area (Å²) < 4.78 is 0. The molecular formula is C15H11N3O2. The van der Waals surface area contributed by atoms with E-state index >= 15 is 0 Å². The number of rotatable bonds is 2. The maximum atomic E-state index is 12.1. The lowest BCUT2D eigenvalue weighted by Gasteiger charge is -2.07. The van der Waals surface area contributed by atoms with Crippen LogP contribution in [0.5, 0.6) is 0 Å². The van der Waals surface area contributed by atoms with Gasteiger partial charge in [-0.3, -0.25) is 14.6 Å². The van der Waals surface area contributed by atoms with Crippen LogP contribution in [0.1, 0.15) is 10.4 Å². The highest BCUT2D eigenvalue weighted by Gasteiger charge is 2.11. The van der Waals surface area contributed by atoms with Gasteiger partial charge in [0.15, 0.2) is 5.43 Å². The summed E-state index contributed by atoms with van der Waals surface area (Å²) in [5, 5.41) is 4.54. The number of amides is 1. The van der Waals surface area contributed by atoms with Crippen molar-refractivity contribution in [1.29, 1.82) is 0 Å². The topological polar surface area (TPSA) is 74.8 Å². The molecule has 0 aliphatic heterocycles. The number of pyridine rings is 2. The van der Waals surface area contributed by atoms with E-state index in [9.17, 15) is 9.59 Å². The molecule has 0 aliphatic carbocycles. The third kappa shape index (κ3) is 2.16. The Balaban J connectivity index is 2.00. The largest absolute Gasteiger partial charge is 0.367 e. The van der Waals surface area contributed by atoms with Gasteiger partial charge in [0, 0.05) is 36.2 Å². The number of carbonyl (C=O) groups excluding carboxylic acids is 1. The first kappa shape index (κ1) is 12.1. The number of aromatic amines is 1. The van der Waals surface area contributed by atoms with Crippen molar-refractivity contribution in [2.45, 2.75) is 0 Å². The molecule has 0 saturated heterocycles. The Labute approximate surface area is 114 Å². The van der Waals surface area contributed by atoms with E-state index in [1.165, 1.54) is 18.5 Å². The molecule has 1 amide bonds. The van der Waals surface area contributed by atoms with Gasteiger partial charge in [0.2, 0.25) is 0 Å². The first-order chi connectivity index (χ1) is 9.75. The van der Waals surface area contributed by atoms with Crippen LogP contribution in [0.3, 0.4) is 0 Å². The summed E-state index contributed by atoms with van der Waals surface area (Å²) in [6.07, 6.45) is 6.25. The van der Waals surface area contributed by atoms with Gasteiger partial charge in [0.1, 0.15) is 5.56 Å². The van der Waals surface area contributed by atoms with Gasteiger partial charge in [-0.15, -0.1) is 0 Å². The van der Waals surface area contributed by atoms with Crippen LogP contribution >= 0.6 is 0 Å². The summed E-state index contributed by atoms with van der Waals surface area (Å²) in [4.78, 5) is 30.5. The average molecular weight is 265 g/mol. The Morgan fingerprint density at radius 1 is 1.20 bits per heavy atom. The van der Waals surface area contributed by atoms with Crippen LogP contribution in [-0.2, 0) is 0 Å². The minimum atomic E-state index is -0.441. The molecule has 3 rings (SSSR count). The number of carbonyl (C=O) groups is 1. The normalized spacial score (nSPS) is 10.4. The molecule has 2 aromatic heterocycles. The molecule has 0 fully saturated rings. The molecule has 5 heteroatoms. The molecule has 0 spiro atoms. The standard InChI is InChI=1S/C15H11N3O2/c19-14-5-7-17-9-12(14)15(20)18-13-3-1-2-10-4-6-16-8-11(10)13/h1-9H,(H,17,19)(H,18,20). The van der Waals surface area contributed by atoms with Crippen LogP contribution in [-0.4, -0.2) is 15.9 Å². The van der Waals surface area contributed by atoms with E-state index in [-0.39, 0.29) is 11.0 Å². The number of nitrogens with zero attached hydrogens (tertiary/aromatic N) is 1. The highest BCUT2D eigenvalue weighted by molar-refractivity contribution is 6.08. The fourth-order valence-corrected chi connectivity index (χ4v) is 2.01. The van der Waals surface area contributed by atoms with Gasteiger partial charge in [-0.1, -0.05) is 12.1 Å². The number of aromatic nitrogens is 2. The molecule has 0 radical (unpaired) electrons. The minimum Gasteiger partial charge on any atom is -0.367 e. The number of fused-ring (bicyclic) bond motifs is 1. The molecule has 2 heterocycles. The molecule has 5 nitrogen and oxygen atoms in total. The summed E-state index contributed by atoms with van der Waals surface area (Å²) >= 11 is 0. The number of H-pyrrole nitrogens is 1. The second kappa shape index (κ2) is 4.97. The lowest BCUT2D eigenvalue weighted by molar-refractivity contribution is 0.102. The van der Waals surface area contributed by atoms with Crippen molar-refractivity contribution in [3.8, 4) is 0 Å². The van der Waals surface area contributed by atoms with E-state index in [2.05, 4.69) is 15.3 Å². The van der Waals surface area contributed by atoms with Crippen molar-refractivity contribution < 1.29 is 4.79 Å². The van der Waals surface area contributed by atoms with Crippen LogP contribution in [0.25, 0.3) is 10.8 Å². The van der Waals surface area contributed by atoms with Gasteiger partial charge in [0.25, 0.3) is 5.91 Å². The van der Waals surface area contributed by atoms with Crippen molar-refractivity contribution in [3.05, 3.63) is 70.9 Å². The van der Waals surface area contributed by atoms with Crippen molar-refractivity contribution in [2.75, 3.05) is 5.32 Å². The number of hydrogen-bond acceptors (Lipinski definition) is 3. The Kier molecular flexibility index (Phi) is 3.01. The second-order valence-corrected chi connectivity index (χ2v) is 4.28. The number of nitrogens with one attached hydrogen (secondary N) is 2. The van der Waals surface area contributed by atoms with Crippen LogP contribution in [0, 0.1) is 0 Å². The third-order valence-corrected chi connectivity index (χ3v) is 3.00. The van der Waals surface area contributed by atoms with Gasteiger partial charge in [-0.2, -0.15) is 0 Å². The van der Waals surface area contributed by atoms with Crippen molar-refractivity contribution in [3.63, 3.8) is 0 Å². The maximum absolute atomic E-state index is 12.1. The predicted octanol–water partition coefficient (Wildman–Crippen LogP) is 2.18. The molecule has 98 valence electrons. The Morgan fingerprint density at radius 2 is 2.10 bits per heavy atom. The maximum Gasteiger partial charge on any atom is 0.261 e. The van der Waals surface area contributed by atoms with Crippen molar-refractivity contribution >= 4 is 22.4 Å². The van der Waals surface area contributed by atoms with E-state index in [1.54, 1.807) is 18.5 Å². The third-order valence-electron chi connectivity index (χ3n) is 3.00. The number of anilines is 1. The van der Waals surface area contributed by atoms with Gasteiger partial charge in [0.05, 0.1) is 5.69 Å². The molecule has 0 saturated carbocycles. The van der Waals surface area contributed by atoms with E-state index in [4.69, 9.17) is 0 Å². The zero-order valence-corrected chi connectivity index (χ0v) is 10.5. The lowest BCUT2D eigenvalue weighted by Crippen LogP contribution is -2.20. The molecule has 2 N–H and O–H groups in total. The highest BCUT2D eigenvalue weighted by Crippen LogP contribution is 2.22. The first-order valence-corrected chi connectivity index (χ1v) is 6.07. The van der Waals surface area contributed by atoms with Crippen LogP contribution in [0.15, 0.2) is 59.9 Å². The molecule has 1 aromatic carbocycles.